The Labute approximate surface area is 134 Å². The second-order valence-electron chi connectivity index (χ2n) is 5.49. The highest BCUT2D eigenvalue weighted by Gasteiger charge is 2.28. The molecule has 3 rings (SSSR count). The highest BCUT2D eigenvalue weighted by Crippen LogP contribution is 2.35. The third kappa shape index (κ3) is 2.81. The van der Waals surface area contributed by atoms with E-state index in [2.05, 4.69) is 10.3 Å². The topological polar surface area (TPSA) is 92.5 Å². The Hall–Kier alpha value is -2.35. The fourth-order valence-electron chi connectivity index (χ4n) is 2.79. The molecule has 1 amide bonds. The monoisotopic (exact) mass is 335 g/mol. The molecule has 1 aromatic carbocycles. The summed E-state index contributed by atoms with van der Waals surface area (Å²) in [6.45, 7) is 3.75. The van der Waals surface area contributed by atoms with Crippen LogP contribution in [0.5, 0.6) is 0 Å². The summed E-state index contributed by atoms with van der Waals surface area (Å²) in [5, 5.41) is 2.79. The molecule has 0 atom stereocenters. The maximum atomic E-state index is 12.3. The minimum absolute atomic E-state index is 0.165. The molecule has 8 heteroatoms. The number of fused-ring (bicyclic) bond motifs is 1. The van der Waals surface area contributed by atoms with Crippen molar-refractivity contribution in [1.82, 2.24) is 4.98 Å². The Bertz CT molecular complexity index is 886. The van der Waals surface area contributed by atoms with Crippen LogP contribution in [0.1, 0.15) is 27.7 Å². The Morgan fingerprint density at radius 1 is 1.35 bits per heavy atom. The van der Waals surface area contributed by atoms with Crippen LogP contribution in [0.25, 0.3) is 0 Å². The summed E-state index contributed by atoms with van der Waals surface area (Å²) in [6, 6.07) is 5.21. The van der Waals surface area contributed by atoms with Crippen LogP contribution in [0.15, 0.2) is 22.6 Å². The Balaban J connectivity index is 1.93. The van der Waals surface area contributed by atoms with Gasteiger partial charge in [0.25, 0.3) is 5.91 Å². The average molecular weight is 335 g/mol. The number of oxazole rings is 1. The van der Waals surface area contributed by atoms with Crippen molar-refractivity contribution in [2.75, 3.05) is 22.4 Å². The highest BCUT2D eigenvalue weighted by molar-refractivity contribution is 7.92. The van der Waals surface area contributed by atoms with Crippen LogP contribution in [-0.2, 0) is 16.4 Å². The molecule has 1 aliphatic heterocycles. The first-order valence-electron chi connectivity index (χ1n) is 7.12. The molecule has 0 bridgehead atoms. The predicted octanol–water partition coefficient (Wildman–Crippen LogP) is 1.87. The van der Waals surface area contributed by atoms with Crippen molar-refractivity contribution in [2.45, 2.75) is 20.3 Å². The number of aryl methyl sites for hydroxylation is 2. The summed E-state index contributed by atoms with van der Waals surface area (Å²) < 4.78 is 30.3. The van der Waals surface area contributed by atoms with Gasteiger partial charge in [-0.2, -0.15) is 0 Å². The third-order valence-corrected chi connectivity index (χ3v) is 4.92. The maximum absolute atomic E-state index is 12.3. The number of hydrogen-bond acceptors (Lipinski definition) is 5. The molecule has 1 N–H and O–H groups in total. The highest BCUT2D eigenvalue weighted by atomic mass is 32.2. The lowest BCUT2D eigenvalue weighted by molar-refractivity contribution is 0.0994. The summed E-state index contributed by atoms with van der Waals surface area (Å²) >= 11 is 0. The summed E-state index contributed by atoms with van der Waals surface area (Å²) in [4.78, 5) is 16.4. The average Bonchev–Trinajstić information content (AvgIpc) is 3.02. The van der Waals surface area contributed by atoms with Gasteiger partial charge in [0.15, 0.2) is 5.89 Å². The predicted molar refractivity (Wildman–Crippen MR) is 86.3 cm³/mol. The van der Waals surface area contributed by atoms with Crippen molar-refractivity contribution >= 4 is 27.3 Å². The van der Waals surface area contributed by atoms with E-state index in [-0.39, 0.29) is 5.76 Å². The number of aromatic nitrogens is 1. The molecule has 0 saturated heterocycles. The minimum Gasteiger partial charge on any atom is -0.436 e. The van der Waals surface area contributed by atoms with Crippen molar-refractivity contribution in [3.8, 4) is 0 Å². The molecule has 0 saturated carbocycles. The molecule has 2 heterocycles. The molecule has 2 aromatic rings. The molecule has 0 fully saturated rings. The van der Waals surface area contributed by atoms with Gasteiger partial charge in [-0.05, 0) is 25.5 Å². The van der Waals surface area contributed by atoms with Gasteiger partial charge in [-0.25, -0.2) is 13.4 Å². The number of sulfonamides is 1. The zero-order chi connectivity index (χ0) is 16.8. The van der Waals surface area contributed by atoms with Crippen LogP contribution >= 0.6 is 0 Å². The van der Waals surface area contributed by atoms with Gasteiger partial charge in [0.2, 0.25) is 15.8 Å². The lowest BCUT2D eigenvalue weighted by atomic mass is 10.1. The molecule has 0 spiro atoms. The van der Waals surface area contributed by atoms with Crippen molar-refractivity contribution in [3.63, 3.8) is 0 Å². The van der Waals surface area contributed by atoms with Gasteiger partial charge in [-0.15, -0.1) is 0 Å². The molecular formula is C15H17N3O4S. The van der Waals surface area contributed by atoms with E-state index in [4.69, 9.17) is 4.42 Å². The van der Waals surface area contributed by atoms with Gasteiger partial charge in [0.1, 0.15) is 0 Å². The molecule has 0 radical (unpaired) electrons. The van der Waals surface area contributed by atoms with Gasteiger partial charge in [-0.3, -0.25) is 9.10 Å². The van der Waals surface area contributed by atoms with Crippen LogP contribution < -0.4 is 9.62 Å². The quantitative estimate of drug-likeness (QED) is 0.924. The number of carbonyl (C=O) groups excluding carboxylic acids is 1. The first kappa shape index (κ1) is 15.5. The molecule has 0 unspecified atom stereocenters. The largest absolute Gasteiger partial charge is 0.436 e. The van der Waals surface area contributed by atoms with Gasteiger partial charge in [0, 0.05) is 24.7 Å². The van der Waals surface area contributed by atoms with Crippen molar-refractivity contribution in [3.05, 3.63) is 41.1 Å². The zero-order valence-electron chi connectivity index (χ0n) is 13.1. The molecule has 23 heavy (non-hydrogen) atoms. The number of hydrogen-bond donors (Lipinski definition) is 1. The SMILES string of the molecule is Cc1nc(C)c(C(=O)Nc2cccc3c2CCN3S(C)(=O)=O)o1. The van der Waals surface area contributed by atoms with Gasteiger partial charge < -0.3 is 9.73 Å². The number of nitrogens with zero attached hydrogens (tertiary/aromatic N) is 2. The summed E-state index contributed by atoms with van der Waals surface area (Å²) in [5.74, 6) is 0.196. The second kappa shape index (κ2) is 5.38. The van der Waals surface area contributed by atoms with E-state index < -0.39 is 15.9 Å². The van der Waals surface area contributed by atoms with Gasteiger partial charge in [0.05, 0.1) is 17.6 Å². The van der Waals surface area contributed by atoms with Crippen LogP contribution in [0.3, 0.4) is 0 Å². The normalized spacial score (nSPS) is 14.0. The minimum atomic E-state index is -3.32. The van der Waals surface area contributed by atoms with E-state index >= 15 is 0 Å². The smallest absolute Gasteiger partial charge is 0.293 e. The van der Waals surface area contributed by atoms with E-state index in [1.807, 2.05) is 0 Å². The van der Waals surface area contributed by atoms with E-state index in [9.17, 15) is 13.2 Å². The number of carbonyl (C=O) groups is 1. The summed E-state index contributed by atoms with van der Waals surface area (Å²) in [6.07, 6.45) is 1.72. The van der Waals surface area contributed by atoms with Crippen molar-refractivity contribution in [1.29, 1.82) is 0 Å². The number of nitrogens with one attached hydrogen (secondary N) is 1. The van der Waals surface area contributed by atoms with E-state index in [1.54, 1.807) is 32.0 Å². The second-order valence-corrected chi connectivity index (χ2v) is 7.40. The number of benzene rings is 1. The summed E-state index contributed by atoms with van der Waals surface area (Å²) in [7, 11) is -3.32. The Morgan fingerprint density at radius 2 is 2.09 bits per heavy atom. The molecule has 122 valence electrons. The first-order valence-corrected chi connectivity index (χ1v) is 8.97. The van der Waals surface area contributed by atoms with Crippen LogP contribution in [0.2, 0.25) is 0 Å². The maximum Gasteiger partial charge on any atom is 0.293 e. The number of amides is 1. The lowest BCUT2D eigenvalue weighted by Crippen LogP contribution is -2.27. The molecule has 1 aliphatic rings. The number of rotatable bonds is 3. The Kier molecular flexibility index (Phi) is 3.63. The van der Waals surface area contributed by atoms with E-state index in [0.29, 0.717) is 35.9 Å². The standard InChI is InChI=1S/C15H17N3O4S/c1-9-14(22-10(2)16-9)15(19)17-12-5-4-6-13-11(12)7-8-18(13)23(3,20)21/h4-6H,7-8H2,1-3H3,(H,17,19). The fraction of sp³-hybridized carbons (Fsp3) is 0.333. The third-order valence-electron chi connectivity index (χ3n) is 3.74. The molecule has 7 nitrogen and oxygen atoms in total. The van der Waals surface area contributed by atoms with Gasteiger partial charge in [-0.1, -0.05) is 6.07 Å². The van der Waals surface area contributed by atoms with Crippen LogP contribution in [0.4, 0.5) is 11.4 Å². The number of anilines is 2. The van der Waals surface area contributed by atoms with Crippen LogP contribution in [0, 0.1) is 13.8 Å². The van der Waals surface area contributed by atoms with Crippen molar-refractivity contribution < 1.29 is 17.6 Å². The van der Waals surface area contributed by atoms with E-state index in [1.165, 1.54) is 10.6 Å². The molecule has 0 aliphatic carbocycles. The lowest BCUT2D eigenvalue weighted by Gasteiger charge is -2.17. The fourth-order valence-corrected chi connectivity index (χ4v) is 3.74. The Morgan fingerprint density at radius 3 is 2.70 bits per heavy atom. The van der Waals surface area contributed by atoms with E-state index in [0.717, 1.165) is 5.56 Å². The van der Waals surface area contributed by atoms with Crippen molar-refractivity contribution in [2.24, 2.45) is 0 Å². The molecular weight excluding hydrogens is 318 g/mol. The molecule has 1 aromatic heterocycles. The van der Waals surface area contributed by atoms with Gasteiger partial charge >= 0.3 is 0 Å². The first-order chi connectivity index (χ1) is 10.8. The van der Waals surface area contributed by atoms with Crippen LogP contribution in [-0.4, -0.2) is 32.1 Å². The summed E-state index contributed by atoms with van der Waals surface area (Å²) in [5.41, 5.74) is 2.52. The zero-order valence-corrected chi connectivity index (χ0v) is 13.9.